The summed E-state index contributed by atoms with van der Waals surface area (Å²) in [5, 5.41) is 13.7. The van der Waals surface area contributed by atoms with Crippen molar-refractivity contribution in [2.45, 2.75) is 51.6 Å². The first-order valence-electron chi connectivity index (χ1n) is 10.6. The van der Waals surface area contributed by atoms with Crippen molar-refractivity contribution in [2.24, 2.45) is 11.7 Å². The number of ether oxygens (including phenoxy) is 1. The van der Waals surface area contributed by atoms with E-state index >= 15 is 0 Å². The molecule has 8 heteroatoms. The van der Waals surface area contributed by atoms with Gasteiger partial charge in [-0.1, -0.05) is 25.5 Å². The van der Waals surface area contributed by atoms with Crippen molar-refractivity contribution in [3.63, 3.8) is 0 Å². The number of rotatable bonds is 12. The van der Waals surface area contributed by atoms with Crippen LogP contribution in [0.3, 0.4) is 0 Å². The fraction of sp³-hybridized carbons (Fsp3) is 0.591. The first-order valence-corrected chi connectivity index (χ1v) is 10.6. The smallest absolute Gasteiger partial charge is 0.242 e. The van der Waals surface area contributed by atoms with E-state index in [0.29, 0.717) is 24.5 Å². The lowest BCUT2D eigenvalue weighted by Crippen LogP contribution is -2.53. The average molecular weight is 418 g/mol. The topological polar surface area (TPSA) is 121 Å². The Bertz CT molecular complexity index is 763. The van der Waals surface area contributed by atoms with Crippen molar-refractivity contribution in [2.75, 3.05) is 27.2 Å². The van der Waals surface area contributed by atoms with E-state index < -0.39 is 6.04 Å². The molecule has 30 heavy (non-hydrogen) atoms. The van der Waals surface area contributed by atoms with Gasteiger partial charge in [0.05, 0.1) is 11.6 Å². The summed E-state index contributed by atoms with van der Waals surface area (Å²) < 4.78 is 6.00. The Hall–Kier alpha value is -2.61. The van der Waals surface area contributed by atoms with Gasteiger partial charge in [0.15, 0.2) is 0 Å². The number of aryl methyl sites for hydroxylation is 1. The van der Waals surface area contributed by atoms with Crippen LogP contribution in [0, 0.1) is 11.3 Å². The second-order valence-electron chi connectivity index (χ2n) is 7.81. The zero-order valence-corrected chi connectivity index (χ0v) is 18.5. The van der Waals surface area contributed by atoms with Gasteiger partial charge in [-0.25, -0.2) is 0 Å². The first-order chi connectivity index (χ1) is 14.3. The maximum Gasteiger partial charge on any atom is 0.242 e. The van der Waals surface area contributed by atoms with E-state index in [4.69, 9.17) is 15.9 Å². The Morgan fingerprint density at radius 3 is 2.63 bits per heavy atom. The molecule has 1 fully saturated rings. The van der Waals surface area contributed by atoms with Crippen LogP contribution in [0.15, 0.2) is 18.2 Å². The van der Waals surface area contributed by atoms with Crippen LogP contribution in [0.25, 0.3) is 0 Å². The summed E-state index contributed by atoms with van der Waals surface area (Å²) in [5.74, 6) is 0.648. The van der Waals surface area contributed by atoms with Crippen LogP contribution in [-0.4, -0.2) is 61.9 Å². The second kappa shape index (κ2) is 11.0. The molecule has 1 aromatic rings. The number of hydrogen-bond acceptors (Lipinski definition) is 5. The zero-order valence-electron chi connectivity index (χ0n) is 18.5. The minimum absolute atomic E-state index is 0.0215. The molecule has 2 amide bonds. The molecule has 2 rings (SSSR count). The number of carbonyl (C=O) groups excluding carboxylic acids is 2. The van der Waals surface area contributed by atoms with Crippen molar-refractivity contribution < 1.29 is 14.3 Å². The molecular formula is C22H35N5O3. The molecule has 0 heterocycles. The number of amides is 2. The Kier molecular flexibility index (Phi) is 8.65. The van der Waals surface area contributed by atoms with E-state index in [2.05, 4.69) is 17.6 Å². The molecule has 1 aliphatic carbocycles. The van der Waals surface area contributed by atoms with Gasteiger partial charge in [-0.2, -0.15) is 0 Å². The molecule has 1 aliphatic rings. The van der Waals surface area contributed by atoms with E-state index in [-0.39, 0.29) is 29.6 Å². The predicted octanol–water partition coefficient (Wildman–Crippen LogP) is 1.26. The van der Waals surface area contributed by atoms with E-state index in [1.165, 1.54) is 4.90 Å². The third-order valence-corrected chi connectivity index (χ3v) is 5.53. The second-order valence-corrected chi connectivity index (χ2v) is 7.81. The van der Waals surface area contributed by atoms with Crippen LogP contribution in [0.4, 0.5) is 0 Å². The van der Waals surface area contributed by atoms with Crippen molar-refractivity contribution >= 4 is 17.6 Å². The molecule has 0 aliphatic heterocycles. The number of nitrogens with two attached hydrogens (primary N) is 1. The van der Waals surface area contributed by atoms with Gasteiger partial charge in [0.1, 0.15) is 24.2 Å². The predicted molar refractivity (Wildman–Crippen MR) is 118 cm³/mol. The highest BCUT2D eigenvalue weighted by Gasteiger charge is 2.38. The third kappa shape index (κ3) is 5.95. The summed E-state index contributed by atoms with van der Waals surface area (Å²) in [4.78, 5) is 26.3. The normalized spacial score (nSPS) is 15.2. The molecule has 2 atom stereocenters. The van der Waals surface area contributed by atoms with Gasteiger partial charge in [0, 0.05) is 20.6 Å². The van der Waals surface area contributed by atoms with Gasteiger partial charge in [0.2, 0.25) is 11.8 Å². The lowest BCUT2D eigenvalue weighted by Gasteiger charge is -2.28. The monoisotopic (exact) mass is 417 g/mol. The van der Waals surface area contributed by atoms with Gasteiger partial charge in [-0.05, 0) is 43.7 Å². The minimum atomic E-state index is -0.527. The largest absolute Gasteiger partial charge is 0.491 e. The van der Waals surface area contributed by atoms with Crippen molar-refractivity contribution in [1.82, 2.24) is 15.5 Å². The van der Waals surface area contributed by atoms with E-state index in [9.17, 15) is 9.59 Å². The van der Waals surface area contributed by atoms with Gasteiger partial charge >= 0.3 is 0 Å². The molecule has 1 saturated carbocycles. The standard InChI is InChI=1S/C22H35N5O3/c1-5-7-16-8-6-9-17(20(23)24)19(16)30-13-12-26-18(15-10-11-15)22(29)27(4)14(2)21(28)25-3/h6,8-9,14-15,18,26H,5,7,10-13H2,1-4H3,(H3,23,24)(H,25,28). The van der Waals surface area contributed by atoms with E-state index in [1.54, 1.807) is 27.1 Å². The van der Waals surface area contributed by atoms with Crippen molar-refractivity contribution in [1.29, 1.82) is 5.41 Å². The maximum absolute atomic E-state index is 12.9. The average Bonchev–Trinajstić information content (AvgIpc) is 3.57. The molecule has 1 aromatic carbocycles. The van der Waals surface area contributed by atoms with Gasteiger partial charge in [-0.15, -0.1) is 0 Å². The summed E-state index contributed by atoms with van der Waals surface area (Å²) in [7, 11) is 3.23. The molecule has 2 unspecified atom stereocenters. The van der Waals surface area contributed by atoms with Crippen LogP contribution in [0.1, 0.15) is 44.2 Å². The van der Waals surface area contributed by atoms with Crippen molar-refractivity contribution in [3.8, 4) is 5.75 Å². The first kappa shape index (κ1) is 23.7. The molecule has 0 saturated heterocycles. The number of likely N-dealkylation sites (N-methyl/N-ethyl adjacent to an activating group) is 2. The number of benzene rings is 1. The van der Waals surface area contributed by atoms with Crippen LogP contribution in [0.2, 0.25) is 0 Å². The number of para-hydroxylation sites is 1. The minimum Gasteiger partial charge on any atom is -0.491 e. The fourth-order valence-corrected chi connectivity index (χ4v) is 3.48. The van der Waals surface area contributed by atoms with Crippen LogP contribution >= 0.6 is 0 Å². The van der Waals surface area contributed by atoms with Crippen LogP contribution in [0.5, 0.6) is 5.75 Å². The zero-order chi connectivity index (χ0) is 22.3. The highest BCUT2D eigenvalue weighted by Crippen LogP contribution is 2.33. The Balaban J connectivity index is 1.99. The highest BCUT2D eigenvalue weighted by molar-refractivity contribution is 5.98. The molecule has 166 valence electrons. The quantitative estimate of drug-likeness (QED) is 0.232. The molecule has 0 spiro atoms. The van der Waals surface area contributed by atoms with Crippen LogP contribution < -0.4 is 21.1 Å². The SMILES string of the molecule is CCCc1cccc(C(=N)N)c1OCCNC(C(=O)N(C)C(C)C(=O)NC)C1CC1. The summed E-state index contributed by atoms with van der Waals surface area (Å²) in [6.07, 6.45) is 3.81. The highest BCUT2D eigenvalue weighted by atomic mass is 16.5. The number of nitrogen functional groups attached to an aromatic ring is 1. The summed E-state index contributed by atoms with van der Waals surface area (Å²) in [6.45, 7) is 4.64. The summed E-state index contributed by atoms with van der Waals surface area (Å²) in [5.41, 5.74) is 7.34. The molecule has 8 nitrogen and oxygen atoms in total. The van der Waals surface area contributed by atoms with Crippen LogP contribution in [-0.2, 0) is 16.0 Å². The lowest BCUT2D eigenvalue weighted by atomic mass is 10.0. The number of carbonyl (C=O) groups is 2. The van der Waals surface area contributed by atoms with E-state index in [1.807, 2.05) is 12.1 Å². The Morgan fingerprint density at radius 1 is 1.37 bits per heavy atom. The van der Waals surface area contributed by atoms with Gasteiger partial charge < -0.3 is 26.0 Å². The number of hydrogen-bond donors (Lipinski definition) is 4. The maximum atomic E-state index is 12.9. The summed E-state index contributed by atoms with van der Waals surface area (Å²) in [6, 6.07) is 4.81. The number of nitrogens with zero attached hydrogens (tertiary/aromatic N) is 1. The Morgan fingerprint density at radius 2 is 2.07 bits per heavy atom. The number of nitrogens with one attached hydrogen (secondary N) is 3. The molecular weight excluding hydrogens is 382 g/mol. The van der Waals surface area contributed by atoms with E-state index in [0.717, 1.165) is 31.2 Å². The lowest BCUT2D eigenvalue weighted by molar-refractivity contribution is -0.140. The molecule has 0 bridgehead atoms. The van der Waals surface area contributed by atoms with Gasteiger partial charge in [-0.3, -0.25) is 15.0 Å². The van der Waals surface area contributed by atoms with Crippen molar-refractivity contribution in [3.05, 3.63) is 29.3 Å². The molecule has 5 N–H and O–H groups in total. The number of amidine groups is 1. The fourth-order valence-electron chi connectivity index (χ4n) is 3.48. The Labute approximate surface area is 179 Å². The molecule has 0 radical (unpaired) electrons. The third-order valence-electron chi connectivity index (χ3n) is 5.53. The van der Waals surface area contributed by atoms with Gasteiger partial charge in [0.25, 0.3) is 0 Å². The molecule has 0 aromatic heterocycles. The summed E-state index contributed by atoms with van der Waals surface area (Å²) >= 11 is 0.